The minimum atomic E-state index is -0.446. The molecule has 24 heavy (non-hydrogen) atoms. The molecule has 0 radical (unpaired) electrons. The van der Waals surface area contributed by atoms with Crippen molar-refractivity contribution in [1.29, 1.82) is 0 Å². The molecule has 0 aliphatic carbocycles. The summed E-state index contributed by atoms with van der Waals surface area (Å²) in [6, 6.07) is 7.28. The van der Waals surface area contributed by atoms with Gasteiger partial charge in [-0.1, -0.05) is 11.6 Å². The molecule has 2 aliphatic heterocycles. The summed E-state index contributed by atoms with van der Waals surface area (Å²) in [5, 5.41) is 0.668. The van der Waals surface area contributed by atoms with Crippen molar-refractivity contribution in [3.63, 3.8) is 0 Å². The number of piperazine rings is 1. The first-order valence-corrected chi connectivity index (χ1v) is 8.34. The normalized spacial score (nSPS) is 19.8. The molecule has 1 fully saturated rings. The van der Waals surface area contributed by atoms with Gasteiger partial charge in [0.15, 0.2) is 6.10 Å². The molecule has 0 unspecified atom stereocenters. The molecule has 6 nitrogen and oxygen atoms in total. The Morgan fingerprint density at radius 2 is 1.92 bits per heavy atom. The second-order valence-corrected chi connectivity index (χ2v) is 6.36. The van der Waals surface area contributed by atoms with Gasteiger partial charge in [0, 0.05) is 50.0 Å². The lowest BCUT2D eigenvalue weighted by Crippen LogP contribution is -2.52. The largest absolute Gasteiger partial charge is 0.480 e. The highest BCUT2D eigenvalue weighted by molar-refractivity contribution is 6.30. The Morgan fingerprint density at radius 3 is 2.67 bits per heavy atom. The van der Waals surface area contributed by atoms with E-state index in [1.54, 1.807) is 24.5 Å². The number of aromatic nitrogens is 2. The van der Waals surface area contributed by atoms with Crippen LogP contribution in [0.15, 0.2) is 36.7 Å². The first kappa shape index (κ1) is 15.2. The number of benzene rings is 1. The van der Waals surface area contributed by atoms with E-state index in [-0.39, 0.29) is 5.91 Å². The van der Waals surface area contributed by atoms with Crippen LogP contribution in [-0.2, 0) is 11.2 Å². The fourth-order valence-electron chi connectivity index (χ4n) is 3.14. The van der Waals surface area contributed by atoms with E-state index in [1.807, 2.05) is 17.0 Å². The zero-order valence-electron chi connectivity index (χ0n) is 13.1. The van der Waals surface area contributed by atoms with Gasteiger partial charge < -0.3 is 14.5 Å². The molecule has 1 aromatic heterocycles. The van der Waals surface area contributed by atoms with E-state index in [0.717, 1.165) is 24.4 Å². The SMILES string of the molecule is O=C([C@@H]1Cc2cc(Cl)ccc2O1)N1CCN(c2ncccn2)CC1. The average molecular weight is 345 g/mol. The minimum absolute atomic E-state index is 0.0379. The molecule has 1 amide bonds. The standard InChI is InChI=1S/C17H17ClN4O2/c18-13-2-3-14-12(10-13)11-15(24-14)16(23)21-6-8-22(9-7-21)17-19-4-1-5-20-17/h1-5,10,15H,6-9,11H2/t15-/m0/s1. The third-order valence-electron chi connectivity index (χ3n) is 4.40. The highest BCUT2D eigenvalue weighted by Crippen LogP contribution is 2.31. The maximum atomic E-state index is 12.7. The first-order chi connectivity index (χ1) is 11.7. The van der Waals surface area contributed by atoms with E-state index >= 15 is 0 Å². The average Bonchev–Trinajstić information content (AvgIpc) is 3.05. The van der Waals surface area contributed by atoms with Crippen molar-refractivity contribution in [2.75, 3.05) is 31.1 Å². The Kier molecular flexibility index (Phi) is 3.98. The van der Waals surface area contributed by atoms with E-state index < -0.39 is 6.10 Å². The predicted molar refractivity (Wildman–Crippen MR) is 90.4 cm³/mol. The molecular weight excluding hydrogens is 328 g/mol. The number of hydrogen-bond acceptors (Lipinski definition) is 5. The van der Waals surface area contributed by atoms with Crippen molar-refractivity contribution in [1.82, 2.24) is 14.9 Å². The van der Waals surface area contributed by atoms with Crippen LogP contribution in [0.3, 0.4) is 0 Å². The molecule has 2 aromatic rings. The maximum Gasteiger partial charge on any atom is 0.264 e. The molecule has 0 bridgehead atoms. The Morgan fingerprint density at radius 1 is 1.17 bits per heavy atom. The summed E-state index contributed by atoms with van der Waals surface area (Å²) in [6.45, 7) is 2.74. The zero-order valence-corrected chi connectivity index (χ0v) is 13.8. The maximum absolute atomic E-state index is 12.7. The monoisotopic (exact) mass is 344 g/mol. The molecule has 4 rings (SSSR count). The summed E-state index contributed by atoms with van der Waals surface area (Å²) in [6.07, 6.45) is 3.60. The van der Waals surface area contributed by atoms with Crippen LogP contribution in [0.25, 0.3) is 0 Å². The number of carbonyl (C=O) groups excluding carboxylic acids is 1. The highest BCUT2D eigenvalue weighted by atomic mass is 35.5. The molecule has 0 spiro atoms. The fourth-order valence-corrected chi connectivity index (χ4v) is 3.33. The lowest BCUT2D eigenvalue weighted by Gasteiger charge is -2.35. The third kappa shape index (κ3) is 2.89. The minimum Gasteiger partial charge on any atom is -0.480 e. The van der Waals surface area contributed by atoms with Gasteiger partial charge in [0.2, 0.25) is 5.95 Å². The number of ether oxygens (including phenoxy) is 1. The van der Waals surface area contributed by atoms with Crippen LogP contribution in [-0.4, -0.2) is 53.1 Å². The van der Waals surface area contributed by atoms with Crippen LogP contribution < -0.4 is 9.64 Å². The molecule has 0 N–H and O–H groups in total. The van der Waals surface area contributed by atoms with E-state index in [1.165, 1.54) is 0 Å². The zero-order chi connectivity index (χ0) is 16.5. The molecule has 3 heterocycles. The van der Waals surface area contributed by atoms with Crippen molar-refractivity contribution in [3.05, 3.63) is 47.2 Å². The molecule has 0 saturated carbocycles. The van der Waals surface area contributed by atoms with Crippen LogP contribution in [0.1, 0.15) is 5.56 Å². The van der Waals surface area contributed by atoms with Gasteiger partial charge in [-0.15, -0.1) is 0 Å². The summed E-state index contributed by atoms with van der Waals surface area (Å²) in [4.78, 5) is 25.2. The molecule has 1 aromatic carbocycles. The lowest BCUT2D eigenvalue weighted by atomic mass is 10.1. The molecule has 1 saturated heterocycles. The first-order valence-electron chi connectivity index (χ1n) is 7.96. The van der Waals surface area contributed by atoms with E-state index in [0.29, 0.717) is 30.5 Å². The quantitative estimate of drug-likeness (QED) is 0.831. The Bertz CT molecular complexity index is 748. The van der Waals surface area contributed by atoms with Gasteiger partial charge >= 0.3 is 0 Å². The summed E-state index contributed by atoms with van der Waals surface area (Å²) in [5.74, 6) is 1.51. The molecule has 2 aliphatic rings. The van der Waals surface area contributed by atoms with Crippen molar-refractivity contribution < 1.29 is 9.53 Å². The van der Waals surface area contributed by atoms with E-state index in [4.69, 9.17) is 16.3 Å². The number of rotatable bonds is 2. The number of carbonyl (C=O) groups is 1. The van der Waals surface area contributed by atoms with Gasteiger partial charge in [0.1, 0.15) is 5.75 Å². The number of anilines is 1. The van der Waals surface area contributed by atoms with Gasteiger partial charge in [0.05, 0.1) is 0 Å². The van der Waals surface area contributed by atoms with Crippen molar-refractivity contribution in [3.8, 4) is 5.75 Å². The van der Waals surface area contributed by atoms with E-state index in [9.17, 15) is 4.79 Å². The molecule has 7 heteroatoms. The summed E-state index contributed by atoms with van der Waals surface area (Å²) in [7, 11) is 0. The fraction of sp³-hybridized carbons (Fsp3) is 0.353. The highest BCUT2D eigenvalue weighted by Gasteiger charge is 2.34. The van der Waals surface area contributed by atoms with Gasteiger partial charge in [-0.3, -0.25) is 4.79 Å². The van der Waals surface area contributed by atoms with E-state index in [2.05, 4.69) is 14.9 Å². The Hall–Kier alpha value is -2.34. The van der Waals surface area contributed by atoms with Gasteiger partial charge in [-0.2, -0.15) is 0 Å². The Balaban J connectivity index is 1.37. The number of hydrogen-bond donors (Lipinski definition) is 0. The van der Waals surface area contributed by atoms with Gasteiger partial charge in [0.25, 0.3) is 5.91 Å². The second kappa shape index (κ2) is 6.28. The molecule has 1 atom stereocenters. The topological polar surface area (TPSA) is 58.6 Å². The van der Waals surface area contributed by atoms with Crippen molar-refractivity contribution in [2.45, 2.75) is 12.5 Å². The Labute approximate surface area is 145 Å². The number of amides is 1. The van der Waals surface area contributed by atoms with Crippen molar-refractivity contribution in [2.24, 2.45) is 0 Å². The predicted octanol–water partition coefficient (Wildman–Crippen LogP) is 1.78. The summed E-state index contributed by atoms with van der Waals surface area (Å²) in [5.41, 5.74) is 0.997. The van der Waals surface area contributed by atoms with Crippen molar-refractivity contribution >= 4 is 23.5 Å². The molecular formula is C17H17ClN4O2. The number of fused-ring (bicyclic) bond motifs is 1. The number of nitrogens with zero attached hydrogens (tertiary/aromatic N) is 4. The van der Waals surface area contributed by atoms with Gasteiger partial charge in [-0.25, -0.2) is 9.97 Å². The van der Waals surface area contributed by atoms with Crippen LogP contribution in [0.2, 0.25) is 5.02 Å². The summed E-state index contributed by atoms with van der Waals surface area (Å²) >= 11 is 6.01. The smallest absolute Gasteiger partial charge is 0.264 e. The summed E-state index contributed by atoms with van der Waals surface area (Å²) < 4.78 is 5.80. The van der Waals surface area contributed by atoms with Gasteiger partial charge in [-0.05, 0) is 29.8 Å². The van der Waals surface area contributed by atoms with Crippen LogP contribution in [0.5, 0.6) is 5.75 Å². The third-order valence-corrected chi connectivity index (χ3v) is 4.63. The number of halogens is 1. The van der Waals surface area contributed by atoms with Crippen LogP contribution >= 0.6 is 11.6 Å². The van der Waals surface area contributed by atoms with Crippen LogP contribution in [0, 0.1) is 0 Å². The lowest BCUT2D eigenvalue weighted by molar-refractivity contribution is -0.138. The van der Waals surface area contributed by atoms with Crippen LogP contribution in [0.4, 0.5) is 5.95 Å². The second-order valence-electron chi connectivity index (χ2n) is 5.92. The molecule has 124 valence electrons.